The lowest BCUT2D eigenvalue weighted by atomic mass is 10.1. The van der Waals surface area contributed by atoms with E-state index in [2.05, 4.69) is 4.98 Å². The first-order valence-corrected chi connectivity index (χ1v) is 3.96. The van der Waals surface area contributed by atoms with Gasteiger partial charge < -0.3 is 4.98 Å². The molecule has 0 atom stereocenters. The van der Waals surface area contributed by atoms with Crippen molar-refractivity contribution in [1.29, 1.82) is 0 Å². The van der Waals surface area contributed by atoms with Crippen LogP contribution in [0.2, 0.25) is 0 Å². The lowest BCUT2D eigenvalue weighted by Crippen LogP contribution is -2.03. The number of halogens is 1. The van der Waals surface area contributed by atoms with Crippen LogP contribution in [-0.2, 0) is 0 Å². The Morgan fingerprint density at radius 1 is 1.31 bits per heavy atom. The van der Waals surface area contributed by atoms with Crippen LogP contribution in [-0.4, -0.2) is 4.98 Å². The lowest BCUT2D eigenvalue weighted by molar-refractivity contribution is 0.638. The van der Waals surface area contributed by atoms with E-state index in [-0.39, 0.29) is 11.4 Å². The van der Waals surface area contributed by atoms with Gasteiger partial charge in [0.25, 0.3) is 0 Å². The Labute approximate surface area is 74.0 Å². The van der Waals surface area contributed by atoms with Crippen LogP contribution in [0.5, 0.6) is 0 Å². The van der Waals surface area contributed by atoms with Crippen molar-refractivity contribution in [3.8, 4) is 0 Å². The summed E-state index contributed by atoms with van der Waals surface area (Å²) in [5.74, 6) is -0.300. The van der Waals surface area contributed by atoms with Crippen molar-refractivity contribution in [2.45, 2.75) is 6.92 Å². The zero-order chi connectivity index (χ0) is 9.42. The van der Waals surface area contributed by atoms with Gasteiger partial charge in [0.2, 0.25) is 5.56 Å². The molecule has 0 fully saturated rings. The quantitative estimate of drug-likeness (QED) is 0.655. The molecule has 1 aromatic carbocycles. The van der Waals surface area contributed by atoms with Crippen LogP contribution in [0.3, 0.4) is 0 Å². The minimum Gasteiger partial charge on any atom is -0.322 e. The number of hydrogen-bond acceptors (Lipinski definition) is 1. The molecule has 0 aliphatic heterocycles. The largest absolute Gasteiger partial charge is 0.322 e. The van der Waals surface area contributed by atoms with Crippen LogP contribution >= 0.6 is 0 Å². The first kappa shape index (κ1) is 7.98. The second-order valence-electron chi connectivity index (χ2n) is 3.03. The molecule has 13 heavy (non-hydrogen) atoms. The number of aryl methyl sites for hydroxylation is 1. The summed E-state index contributed by atoms with van der Waals surface area (Å²) < 4.78 is 13.3. The maximum absolute atomic E-state index is 13.3. The second-order valence-corrected chi connectivity index (χ2v) is 3.03. The molecule has 2 nitrogen and oxygen atoms in total. The van der Waals surface area contributed by atoms with Gasteiger partial charge >= 0.3 is 0 Å². The third-order valence-corrected chi connectivity index (χ3v) is 1.93. The highest BCUT2D eigenvalue weighted by Gasteiger charge is 2.01. The number of benzene rings is 1. The van der Waals surface area contributed by atoms with E-state index < -0.39 is 0 Å². The zero-order valence-electron chi connectivity index (χ0n) is 7.10. The third-order valence-electron chi connectivity index (χ3n) is 1.93. The van der Waals surface area contributed by atoms with Crippen molar-refractivity contribution in [1.82, 2.24) is 4.98 Å². The van der Waals surface area contributed by atoms with Gasteiger partial charge in [-0.15, -0.1) is 0 Å². The van der Waals surface area contributed by atoms with Crippen LogP contribution in [0.1, 0.15) is 5.56 Å². The molecule has 0 spiro atoms. The number of aromatic nitrogens is 1. The van der Waals surface area contributed by atoms with Crippen molar-refractivity contribution in [3.05, 3.63) is 46.0 Å². The molecule has 0 radical (unpaired) electrons. The van der Waals surface area contributed by atoms with E-state index in [0.717, 1.165) is 5.56 Å². The Kier molecular flexibility index (Phi) is 1.65. The highest BCUT2D eigenvalue weighted by Crippen LogP contribution is 2.15. The third kappa shape index (κ3) is 1.33. The lowest BCUT2D eigenvalue weighted by Gasteiger charge is -1.99. The number of nitrogens with one attached hydrogen (secondary N) is 1. The van der Waals surface area contributed by atoms with E-state index in [1.807, 2.05) is 0 Å². The minimum absolute atomic E-state index is 0.211. The van der Waals surface area contributed by atoms with E-state index in [1.165, 1.54) is 18.2 Å². The summed E-state index contributed by atoms with van der Waals surface area (Å²) in [6.45, 7) is 1.79. The summed E-state index contributed by atoms with van der Waals surface area (Å²) in [5.41, 5.74) is 1.13. The predicted octanol–water partition coefficient (Wildman–Crippen LogP) is 1.98. The average Bonchev–Trinajstić information content (AvgIpc) is 2.02. The molecule has 0 aliphatic carbocycles. The standard InChI is InChI=1S/C10H8FNO/c1-6-4-8(11)7-2-3-10(13)12-9(7)5-6/h2-5H,1H3,(H,12,13). The number of fused-ring (bicyclic) bond motifs is 1. The number of rotatable bonds is 0. The fraction of sp³-hybridized carbons (Fsp3) is 0.100. The monoisotopic (exact) mass is 177 g/mol. The van der Waals surface area contributed by atoms with Gasteiger partial charge in [-0.25, -0.2) is 4.39 Å². The first-order valence-electron chi connectivity index (χ1n) is 3.96. The minimum atomic E-state index is -0.300. The van der Waals surface area contributed by atoms with Crippen molar-refractivity contribution in [3.63, 3.8) is 0 Å². The Morgan fingerprint density at radius 3 is 2.85 bits per heavy atom. The van der Waals surface area contributed by atoms with Gasteiger partial charge in [-0.2, -0.15) is 0 Å². The molecular formula is C10H8FNO. The molecule has 0 amide bonds. The number of pyridine rings is 1. The van der Waals surface area contributed by atoms with Crippen molar-refractivity contribution < 1.29 is 4.39 Å². The molecule has 0 aliphatic rings. The molecule has 0 bridgehead atoms. The van der Waals surface area contributed by atoms with Gasteiger partial charge in [-0.1, -0.05) is 0 Å². The Bertz CT molecular complexity index is 516. The maximum Gasteiger partial charge on any atom is 0.248 e. The summed E-state index contributed by atoms with van der Waals surface area (Å²) in [6.07, 6.45) is 0. The maximum atomic E-state index is 13.3. The average molecular weight is 177 g/mol. The van der Waals surface area contributed by atoms with Crippen molar-refractivity contribution in [2.24, 2.45) is 0 Å². The van der Waals surface area contributed by atoms with Gasteiger partial charge in [0, 0.05) is 11.5 Å². The van der Waals surface area contributed by atoms with Gasteiger partial charge in [0.05, 0.1) is 5.52 Å². The number of H-pyrrole nitrogens is 1. The summed E-state index contributed by atoms with van der Waals surface area (Å²) in [7, 11) is 0. The summed E-state index contributed by atoms with van der Waals surface area (Å²) in [5, 5.41) is 0.449. The molecule has 0 saturated heterocycles. The molecule has 1 aromatic heterocycles. The fourth-order valence-electron chi connectivity index (χ4n) is 1.36. The Hall–Kier alpha value is -1.64. The summed E-state index contributed by atoms with van der Waals surface area (Å²) in [4.78, 5) is 13.5. The Balaban J connectivity index is 2.94. The topological polar surface area (TPSA) is 32.9 Å². The molecule has 2 rings (SSSR count). The highest BCUT2D eigenvalue weighted by molar-refractivity contribution is 5.79. The van der Waals surface area contributed by atoms with Gasteiger partial charge in [0.1, 0.15) is 5.82 Å². The van der Waals surface area contributed by atoms with Gasteiger partial charge in [0.15, 0.2) is 0 Å². The van der Waals surface area contributed by atoms with Crippen LogP contribution in [0.4, 0.5) is 4.39 Å². The van der Waals surface area contributed by atoms with E-state index in [9.17, 15) is 9.18 Å². The molecule has 1 N–H and O–H groups in total. The second kappa shape index (κ2) is 2.69. The highest BCUT2D eigenvalue weighted by atomic mass is 19.1. The summed E-state index contributed by atoms with van der Waals surface area (Å²) >= 11 is 0. The predicted molar refractivity (Wildman–Crippen MR) is 49.3 cm³/mol. The van der Waals surface area contributed by atoms with Gasteiger partial charge in [-0.3, -0.25) is 4.79 Å². The van der Waals surface area contributed by atoms with E-state index in [0.29, 0.717) is 10.9 Å². The summed E-state index contributed by atoms with van der Waals surface area (Å²) in [6, 6.07) is 6.00. The van der Waals surface area contributed by atoms with E-state index in [1.54, 1.807) is 13.0 Å². The van der Waals surface area contributed by atoms with Crippen LogP contribution in [0.25, 0.3) is 10.9 Å². The van der Waals surface area contributed by atoms with E-state index >= 15 is 0 Å². The normalized spacial score (nSPS) is 10.6. The van der Waals surface area contributed by atoms with Gasteiger partial charge in [-0.05, 0) is 30.7 Å². The molecule has 66 valence electrons. The van der Waals surface area contributed by atoms with Crippen molar-refractivity contribution in [2.75, 3.05) is 0 Å². The number of aromatic amines is 1. The van der Waals surface area contributed by atoms with E-state index in [4.69, 9.17) is 0 Å². The molecule has 0 saturated carbocycles. The molecule has 1 heterocycles. The molecule has 3 heteroatoms. The smallest absolute Gasteiger partial charge is 0.248 e. The SMILES string of the molecule is Cc1cc(F)c2ccc(=O)[nH]c2c1. The molecule has 2 aromatic rings. The zero-order valence-corrected chi connectivity index (χ0v) is 7.10. The fourth-order valence-corrected chi connectivity index (χ4v) is 1.36. The number of hydrogen-bond donors (Lipinski definition) is 1. The van der Waals surface area contributed by atoms with Crippen LogP contribution < -0.4 is 5.56 Å². The van der Waals surface area contributed by atoms with Crippen molar-refractivity contribution >= 4 is 10.9 Å². The first-order chi connectivity index (χ1) is 6.16. The van der Waals surface area contributed by atoms with Crippen LogP contribution in [0.15, 0.2) is 29.1 Å². The Morgan fingerprint density at radius 2 is 2.08 bits per heavy atom. The molecule has 0 unspecified atom stereocenters. The molecular weight excluding hydrogens is 169 g/mol. The van der Waals surface area contributed by atoms with Crippen LogP contribution in [0, 0.1) is 12.7 Å².